The summed E-state index contributed by atoms with van der Waals surface area (Å²) in [6, 6.07) is 24.3. The summed E-state index contributed by atoms with van der Waals surface area (Å²) in [4.78, 5) is 30.9. The summed E-state index contributed by atoms with van der Waals surface area (Å²) in [6.07, 6.45) is 1.84. The lowest BCUT2D eigenvalue weighted by Gasteiger charge is -2.07. The first-order valence-corrected chi connectivity index (χ1v) is 11.1. The van der Waals surface area contributed by atoms with Gasteiger partial charge in [0.05, 0.1) is 23.3 Å². The third kappa shape index (κ3) is 5.51. The van der Waals surface area contributed by atoms with Crippen molar-refractivity contribution in [1.82, 2.24) is 4.90 Å². The number of ether oxygens (including phenoxy) is 2. The van der Waals surface area contributed by atoms with Crippen LogP contribution in [0.3, 0.4) is 0 Å². The minimum Gasteiger partial charge on any atom is -0.489 e. The first-order chi connectivity index (χ1) is 16.0. The fourth-order valence-electron chi connectivity index (χ4n) is 3.10. The normalized spacial score (nSPS) is 15.8. The lowest BCUT2D eigenvalue weighted by atomic mass is 10.2. The van der Waals surface area contributed by atoms with Crippen molar-refractivity contribution >= 4 is 40.6 Å². The van der Waals surface area contributed by atoms with Gasteiger partial charge in [-0.15, -0.1) is 0 Å². The summed E-state index contributed by atoms with van der Waals surface area (Å²) < 4.78 is 10.5. The summed E-state index contributed by atoms with van der Waals surface area (Å²) in [5.74, 6) is 0.244. The Morgan fingerprint density at radius 3 is 2.36 bits per heavy atom. The van der Waals surface area contributed by atoms with Crippen LogP contribution in [0.5, 0.6) is 5.75 Å². The van der Waals surface area contributed by atoms with Crippen LogP contribution < -0.4 is 4.74 Å². The largest absolute Gasteiger partial charge is 0.489 e. The Bertz CT molecular complexity index is 1200. The van der Waals surface area contributed by atoms with Gasteiger partial charge in [-0.25, -0.2) is 9.79 Å². The van der Waals surface area contributed by atoms with Gasteiger partial charge in [0.1, 0.15) is 12.4 Å². The summed E-state index contributed by atoms with van der Waals surface area (Å²) in [5.41, 5.74) is 3.09. The average molecular weight is 459 g/mol. The van der Waals surface area contributed by atoms with E-state index in [1.807, 2.05) is 60.7 Å². The van der Waals surface area contributed by atoms with Crippen LogP contribution in [0, 0.1) is 0 Å². The van der Waals surface area contributed by atoms with Gasteiger partial charge in [-0.3, -0.25) is 9.69 Å². The van der Waals surface area contributed by atoms with Crippen LogP contribution in [-0.2, 0) is 16.1 Å². The molecule has 0 saturated carbocycles. The van der Waals surface area contributed by atoms with E-state index >= 15 is 0 Å². The summed E-state index contributed by atoms with van der Waals surface area (Å²) in [6.45, 7) is 0.501. The Kier molecular flexibility index (Phi) is 6.90. The number of esters is 1. The molecule has 33 heavy (non-hydrogen) atoms. The average Bonchev–Trinajstić information content (AvgIpc) is 3.11. The second-order valence-corrected chi connectivity index (χ2v) is 8.26. The first-order valence-electron chi connectivity index (χ1n) is 10.2. The van der Waals surface area contributed by atoms with Gasteiger partial charge in [0.15, 0.2) is 5.17 Å². The van der Waals surface area contributed by atoms with E-state index in [2.05, 4.69) is 4.99 Å². The number of carbonyl (C=O) groups is 2. The monoisotopic (exact) mass is 458 g/mol. The molecule has 1 saturated heterocycles. The number of carbonyl (C=O) groups excluding carboxylic acids is 2. The van der Waals surface area contributed by atoms with E-state index in [4.69, 9.17) is 9.47 Å². The number of thioether (sulfide) groups is 1. The third-order valence-corrected chi connectivity index (χ3v) is 6.00. The summed E-state index contributed by atoms with van der Waals surface area (Å²) in [5, 5.41) is 0.569. The van der Waals surface area contributed by atoms with E-state index in [0.717, 1.165) is 16.9 Å². The number of benzene rings is 3. The second-order valence-electron chi connectivity index (χ2n) is 7.25. The SMILES string of the molecule is COC(=O)c1ccc(N=C2SC(=Cc3ccc(OCc4ccccc4)cc3)C(=O)N2C)cc1. The van der Waals surface area contributed by atoms with Gasteiger partial charge < -0.3 is 9.47 Å². The lowest BCUT2D eigenvalue weighted by Crippen LogP contribution is -2.23. The van der Waals surface area contributed by atoms with E-state index in [1.165, 1.54) is 23.8 Å². The molecule has 6 nitrogen and oxygen atoms in total. The van der Waals surface area contributed by atoms with Gasteiger partial charge in [0, 0.05) is 7.05 Å². The highest BCUT2D eigenvalue weighted by Crippen LogP contribution is 2.33. The number of hydrogen-bond donors (Lipinski definition) is 0. The van der Waals surface area contributed by atoms with Crippen molar-refractivity contribution in [3.8, 4) is 5.75 Å². The number of hydrogen-bond acceptors (Lipinski definition) is 6. The standard InChI is InChI=1S/C26H22N2O4S/c1-28-24(29)23(33-26(28)27-21-12-10-20(11-13-21)25(30)31-2)16-18-8-14-22(15-9-18)32-17-19-6-4-3-5-7-19/h3-16H,17H2,1-2H3. The Labute approximate surface area is 196 Å². The van der Waals surface area contributed by atoms with Gasteiger partial charge in [-0.05, 0) is 65.4 Å². The van der Waals surface area contributed by atoms with E-state index < -0.39 is 5.97 Å². The second kappa shape index (κ2) is 10.2. The van der Waals surface area contributed by atoms with Crippen LogP contribution in [0.1, 0.15) is 21.5 Å². The molecule has 1 fully saturated rings. The molecule has 0 atom stereocenters. The number of amides is 1. The van der Waals surface area contributed by atoms with Crippen LogP contribution in [0.4, 0.5) is 5.69 Å². The molecule has 0 unspecified atom stereocenters. The minimum atomic E-state index is -0.404. The predicted octanol–water partition coefficient (Wildman–Crippen LogP) is 5.29. The number of aliphatic imine (C=N–C) groups is 1. The molecule has 0 radical (unpaired) electrons. The molecule has 0 bridgehead atoms. The molecule has 0 N–H and O–H groups in total. The number of amidine groups is 1. The van der Waals surface area contributed by atoms with Crippen LogP contribution >= 0.6 is 11.8 Å². The van der Waals surface area contributed by atoms with Crippen LogP contribution in [0.2, 0.25) is 0 Å². The fourth-order valence-corrected chi connectivity index (χ4v) is 4.09. The molecular weight excluding hydrogens is 436 g/mol. The van der Waals surface area contributed by atoms with Crippen LogP contribution in [0.25, 0.3) is 6.08 Å². The Balaban J connectivity index is 1.43. The molecule has 1 aliphatic rings. The smallest absolute Gasteiger partial charge is 0.337 e. The number of nitrogens with zero attached hydrogens (tertiary/aromatic N) is 2. The van der Waals surface area contributed by atoms with Gasteiger partial charge >= 0.3 is 5.97 Å². The van der Waals surface area contributed by atoms with Gasteiger partial charge in [-0.1, -0.05) is 42.5 Å². The van der Waals surface area contributed by atoms with Gasteiger partial charge in [0.25, 0.3) is 5.91 Å². The van der Waals surface area contributed by atoms with Crippen molar-refractivity contribution in [2.24, 2.45) is 4.99 Å². The van der Waals surface area contributed by atoms with Crippen molar-refractivity contribution < 1.29 is 19.1 Å². The molecule has 0 spiro atoms. The zero-order valence-electron chi connectivity index (χ0n) is 18.2. The van der Waals surface area contributed by atoms with Crippen molar-refractivity contribution in [3.05, 3.63) is 100 Å². The van der Waals surface area contributed by atoms with Crippen molar-refractivity contribution in [3.63, 3.8) is 0 Å². The highest BCUT2D eigenvalue weighted by atomic mass is 32.2. The molecule has 1 aliphatic heterocycles. The lowest BCUT2D eigenvalue weighted by molar-refractivity contribution is -0.121. The number of likely N-dealkylation sites (N-methyl/N-ethyl adjacent to an activating group) is 1. The van der Waals surface area contributed by atoms with E-state index in [-0.39, 0.29) is 5.91 Å². The summed E-state index contributed by atoms with van der Waals surface area (Å²) in [7, 11) is 3.03. The summed E-state index contributed by atoms with van der Waals surface area (Å²) >= 11 is 1.31. The topological polar surface area (TPSA) is 68.2 Å². The molecule has 166 valence electrons. The highest BCUT2D eigenvalue weighted by molar-refractivity contribution is 8.18. The molecule has 1 heterocycles. The first kappa shape index (κ1) is 22.4. The molecule has 1 amide bonds. The maximum Gasteiger partial charge on any atom is 0.337 e. The van der Waals surface area contributed by atoms with Crippen LogP contribution in [0.15, 0.2) is 88.8 Å². The third-order valence-electron chi connectivity index (χ3n) is 4.94. The van der Waals surface area contributed by atoms with E-state index in [0.29, 0.717) is 27.9 Å². The van der Waals surface area contributed by atoms with Crippen LogP contribution in [-0.4, -0.2) is 36.1 Å². The highest BCUT2D eigenvalue weighted by Gasteiger charge is 2.30. The van der Waals surface area contributed by atoms with Crippen molar-refractivity contribution in [2.45, 2.75) is 6.61 Å². The molecule has 3 aromatic carbocycles. The van der Waals surface area contributed by atoms with E-state index in [9.17, 15) is 9.59 Å². The number of rotatable bonds is 6. The Morgan fingerprint density at radius 2 is 1.70 bits per heavy atom. The predicted molar refractivity (Wildman–Crippen MR) is 130 cm³/mol. The zero-order valence-corrected chi connectivity index (χ0v) is 19.0. The minimum absolute atomic E-state index is 0.116. The molecular formula is C26H22N2O4S. The fraction of sp³-hybridized carbons (Fsp3) is 0.115. The molecule has 4 rings (SSSR count). The quantitative estimate of drug-likeness (QED) is 0.371. The van der Waals surface area contributed by atoms with Crippen molar-refractivity contribution in [1.29, 1.82) is 0 Å². The zero-order chi connectivity index (χ0) is 23.2. The van der Waals surface area contributed by atoms with E-state index in [1.54, 1.807) is 31.3 Å². The maximum atomic E-state index is 12.7. The molecule has 3 aromatic rings. The Morgan fingerprint density at radius 1 is 1.00 bits per heavy atom. The maximum absolute atomic E-state index is 12.7. The van der Waals surface area contributed by atoms with Gasteiger partial charge in [-0.2, -0.15) is 0 Å². The molecule has 0 aliphatic carbocycles. The van der Waals surface area contributed by atoms with Crippen molar-refractivity contribution in [2.75, 3.05) is 14.2 Å². The molecule has 7 heteroatoms. The molecule has 0 aromatic heterocycles. The Hall–Kier alpha value is -3.84. The number of methoxy groups -OCH3 is 1. The van der Waals surface area contributed by atoms with Gasteiger partial charge in [0.2, 0.25) is 0 Å².